The van der Waals surface area contributed by atoms with Crippen molar-refractivity contribution in [2.24, 2.45) is 11.8 Å². The lowest BCUT2D eigenvalue weighted by molar-refractivity contribution is -0.159. The highest BCUT2D eigenvalue weighted by molar-refractivity contribution is 8.00. The first-order valence-corrected chi connectivity index (χ1v) is 11.8. The summed E-state index contributed by atoms with van der Waals surface area (Å²) in [4.78, 5) is 25.5. The quantitative estimate of drug-likeness (QED) is 0.587. The molecule has 2 unspecified atom stereocenters. The van der Waals surface area contributed by atoms with Crippen molar-refractivity contribution in [1.29, 1.82) is 0 Å². The predicted octanol–water partition coefficient (Wildman–Crippen LogP) is 2.92. The molecule has 0 aromatic heterocycles. The van der Waals surface area contributed by atoms with Gasteiger partial charge in [0.1, 0.15) is 17.4 Å². The lowest BCUT2D eigenvalue weighted by atomic mass is 9.65. The molecule has 0 N–H and O–H groups in total. The molecule has 178 valence electrons. The van der Waals surface area contributed by atoms with Gasteiger partial charge in [-0.3, -0.25) is 9.59 Å². The summed E-state index contributed by atoms with van der Waals surface area (Å²) in [6.45, 7) is 2.16. The number of rotatable bonds is 5. The summed E-state index contributed by atoms with van der Waals surface area (Å²) in [5.74, 6) is -0.261. The van der Waals surface area contributed by atoms with Crippen LogP contribution in [-0.4, -0.2) is 45.5 Å². The third-order valence-corrected chi connectivity index (χ3v) is 8.13. The molecular formula is C24H22O9S. The Labute approximate surface area is 199 Å². The molecule has 4 aliphatic heterocycles. The van der Waals surface area contributed by atoms with E-state index in [0.717, 1.165) is 5.56 Å². The van der Waals surface area contributed by atoms with Crippen LogP contribution in [0.15, 0.2) is 30.3 Å². The molecule has 2 bridgehead atoms. The van der Waals surface area contributed by atoms with Crippen molar-refractivity contribution in [3.05, 3.63) is 47.0 Å². The van der Waals surface area contributed by atoms with E-state index in [-0.39, 0.29) is 13.6 Å². The van der Waals surface area contributed by atoms with Crippen molar-refractivity contribution < 1.29 is 42.7 Å². The van der Waals surface area contributed by atoms with Crippen LogP contribution in [0.2, 0.25) is 0 Å². The molecule has 4 atom stereocenters. The molecule has 4 heterocycles. The molecule has 1 saturated heterocycles. The first kappa shape index (κ1) is 21.4. The van der Waals surface area contributed by atoms with E-state index in [2.05, 4.69) is 0 Å². The molecule has 0 radical (unpaired) electrons. The molecule has 1 fully saturated rings. The Kier molecular flexibility index (Phi) is 4.69. The van der Waals surface area contributed by atoms with Crippen LogP contribution >= 0.6 is 11.8 Å². The highest BCUT2D eigenvalue weighted by Gasteiger charge is 2.76. The van der Waals surface area contributed by atoms with E-state index in [4.69, 9.17) is 33.2 Å². The van der Waals surface area contributed by atoms with Crippen LogP contribution in [0.3, 0.4) is 0 Å². The summed E-state index contributed by atoms with van der Waals surface area (Å²) in [5, 5.41) is 0. The van der Waals surface area contributed by atoms with Gasteiger partial charge in [-0.1, -0.05) is 13.0 Å². The minimum absolute atomic E-state index is 0.0882. The second-order valence-electron chi connectivity index (χ2n) is 8.26. The Hall–Kier alpha value is -3.11. The second kappa shape index (κ2) is 7.44. The molecule has 2 aromatic carbocycles. The Bertz CT molecular complexity index is 1210. The number of ether oxygens (including phenoxy) is 7. The van der Waals surface area contributed by atoms with Gasteiger partial charge in [0.25, 0.3) is 0 Å². The molecule has 0 amide bonds. The topological polar surface area (TPSA) is 98.8 Å². The molecule has 0 spiro atoms. The molecule has 2 aromatic rings. The van der Waals surface area contributed by atoms with Crippen LogP contribution in [0, 0.1) is 11.8 Å². The molecule has 6 rings (SSSR count). The summed E-state index contributed by atoms with van der Waals surface area (Å²) in [6.07, 6.45) is 0. The van der Waals surface area contributed by atoms with E-state index in [1.54, 1.807) is 12.1 Å². The van der Waals surface area contributed by atoms with E-state index < -0.39 is 34.3 Å². The van der Waals surface area contributed by atoms with Crippen molar-refractivity contribution in [2.45, 2.75) is 17.5 Å². The van der Waals surface area contributed by atoms with Gasteiger partial charge in [-0.05, 0) is 35.6 Å². The third kappa shape index (κ3) is 2.55. The number of methoxy groups -OCH3 is 2. The molecule has 0 aliphatic carbocycles. The minimum atomic E-state index is -1.36. The van der Waals surface area contributed by atoms with Gasteiger partial charge in [0.2, 0.25) is 13.6 Å². The van der Waals surface area contributed by atoms with Crippen molar-refractivity contribution >= 4 is 23.7 Å². The van der Waals surface area contributed by atoms with Crippen molar-refractivity contribution in [1.82, 2.24) is 0 Å². The van der Waals surface area contributed by atoms with E-state index in [1.165, 1.54) is 26.0 Å². The van der Waals surface area contributed by atoms with Crippen molar-refractivity contribution in [2.75, 3.05) is 33.6 Å². The fourth-order valence-corrected chi connectivity index (χ4v) is 6.94. The lowest BCUT2D eigenvalue weighted by Crippen LogP contribution is -2.47. The zero-order valence-electron chi connectivity index (χ0n) is 18.7. The number of fused-ring (bicyclic) bond motifs is 7. The average molecular weight is 486 g/mol. The Morgan fingerprint density at radius 1 is 0.882 bits per heavy atom. The number of carbonyl (C=O) groups is 2. The number of carbonyl (C=O) groups excluding carboxylic acids is 2. The smallest absolute Gasteiger partial charge is 0.313 e. The fourth-order valence-electron chi connectivity index (χ4n) is 5.58. The van der Waals surface area contributed by atoms with E-state index >= 15 is 0 Å². The standard InChI is InChI=1S/C24H22O9S/c1-4-34-24-14-9-18-17(31-11-32-18)8-13(14)23(33-24,12-5-6-15-16(7-12)30-10-29-15)19(21(25)27-2)20(24)22(26)28-3/h5-9,19-20H,4,10-11H2,1-3H3/t19?,20?,23-,24-/m0/s1. The molecular weight excluding hydrogens is 464 g/mol. The van der Waals surface area contributed by atoms with Crippen LogP contribution in [0.25, 0.3) is 0 Å². The van der Waals surface area contributed by atoms with Gasteiger partial charge in [0.15, 0.2) is 27.9 Å². The molecule has 34 heavy (non-hydrogen) atoms. The van der Waals surface area contributed by atoms with E-state index in [1.807, 2.05) is 25.1 Å². The Morgan fingerprint density at radius 2 is 1.47 bits per heavy atom. The van der Waals surface area contributed by atoms with Crippen molar-refractivity contribution in [3.8, 4) is 23.0 Å². The van der Waals surface area contributed by atoms with Gasteiger partial charge in [0, 0.05) is 11.1 Å². The highest BCUT2D eigenvalue weighted by atomic mass is 32.2. The Morgan fingerprint density at radius 3 is 2.12 bits per heavy atom. The maximum atomic E-state index is 13.4. The highest BCUT2D eigenvalue weighted by Crippen LogP contribution is 2.71. The van der Waals surface area contributed by atoms with Crippen LogP contribution < -0.4 is 18.9 Å². The minimum Gasteiger partial charge on any atom is -0.469 e. The largest absolute Gasteiger partial charge is 0.469 e. The lowest BCUT2D eigenvalue weighted by Gasteiger charge is -2.37. The summed E-state index contributed by atoms with van der Waals surface area (Å²) < 4.78 is 39.7. The summed E-state index contributed by atoms with van der Waals surface area (Å²) >= 11 is 1.44. The number of benzene rings is 2. The van der Waals surface area contributed by atoms with Gasteiger partial charge in [0.05, 0.1) is 14.2 Å². The maximum absolute atomic E-state index is 13.4. The van der Waals surface area contributed by atoms with Gasteiger partial charge in [-0.25, -0.2) is 0 Å². The van der Waals surface area contributed by atoms with Gasteiger partial charge < -0.3 is 33.2 Å². The van der Waals surface area contributed by atoms with Gasteiger partial charge in [-0.2, -0.15) is 0 Å². The van der Waals surface area contributed by atoms with Gasteiger partial charge >= 0.3 is 11.9 Å². The predicted molar refractivity (Wildman–Crippen MR) is 118 cm³/mol. The van der Waals surface area contributed by atoms with Crippen LogP contribution in [0.1, 0.15) is 23.6 Å². The number of hydrogen-bond donors (Lipinski definition) is 0. The second-order valence-corrected chi connectivity index (χ2v) is 9.73. The molecule has 10 heteroatoms. The number of hydrogen-bond acceptors (Lipinski definition) is 10. The summed E-state index contributed by atoms with van der Waals surface area (Å²) in [7, 11) is 2.61. The van der Waals surface area contributed by atoms with Gasteiger partial charge in [-0.15, -0.1) is 11.8 Å². The number of esters is 2. The maximum Gasteiger partial charge on any atom is 0.313 e. The first-order valence-electron chi connectivity index (χ1n) is 10.8. The normalized spacial score (nSPS) is 29.1. The SMILES string of the molecule is CCS[C@@]12O[C@@](c3ccc4c(c3)OCO4)(c3cc4c(cc31)OCO4)C(C(=O)OC)C2C(=O)OC. The summed E-state index contributed by atoms with van der Waals surface area (Å²) in [5.41, 5.74) is 0.743. The number of thioether (sulfide) groups is 1. The molecule has 9 nitrogen and oxygen atoms in total. The average Bonchev–Trinajstić information content (AvgIpc) is 3.61. The van der Waals surface area contributed by atoms with E-state index in [0.29, 0.717) is 39.9 Å². The third-order valence-electron chi connectivity index (χ3n) is 6.85. The molecule has 4 aliphatic rings. The zero-order chi connectivity index (χ0) is 23.7. The van der Waals surface area contributed by atoms with E-state index in [9.17, 15) is 9.59 Å². The van der Waals surface area contributed by atoms with Crippen LogP contribution in [0.5, 0.6) is 23.0 Å². The van der Waals surface area contributed by atoms with Crippen LogP contribution in [-0.2, 0) is 34.3 Å². The van der Waals surface area contributed by atoms with Crippen LogP contribution in [0.4, 0.5) is 0 Å². The Balaban J connectivity index is 1.68. The fraction of sp³-hybridized carbons (Fsp3) is 0.417. The molecule has 0 saturated carbocycles. The summed E-state index contributed by atoms with van der Waals surface area (Å²) in [6, 6.07) is 9.07. The van der Waals surface area contributed by atoms with Crippen molar-refractivity contribution in [3.63, 3.8) is 0 Å². The monoisotopic (exact) mass is 486 g/mol. The zero-order valence-corrected chi connectivity index (χ0v) is 19.6. The first-order chi connectivity index (χ1) is 16.5.